The summed E-state index contributed by atoms with van der Waals surface area (Å²) in [6, 6.07) is 20.3. The third-order valence-corrected chi connectivity index (χ3v) is 7.95. The van der Waals surface area contributed by atoms with Crippen molar-refractivity contribution in [2.24, 2.45) is 0 Å². The summed E-state index contributed by atoms with van der Waals surface area (Å²) in [7, 11) is 0. The van der Waals surface area contributed by atoms with Crippen LogP contribution >= 0.6 is 11.3 Å². The highest BCUT2D eigenvalue weighted by Gasteiger charge is 2.38. The molecule has 1 aromatic heterocycles. The quantitative estimate of drug-likeness (QED) is 0.469. The molecule has 2 aromatic carbocycles. The lowest BCUT2D eigenvalue weighted by Crippen LogP contribution is -2.47. The highest BCUT2D eigenvalue weighted by Crippen LogP contribution is 2.39. The Hall–Kier alpha value is -2.92. The Morgan fingerprint density at radius 2 is 1.71 bits per heavy atom. The van der Waals surface area contributed by atoms with Gasteiger partial charge in [0, 0.05) is 23.0 Å². The zero-order valence-corrected chi connectivity index (χ0v) is 21.0. The number of hydrogen-bond acceptors (Lipinski definition) is 3. The highest BCUT2D eigenvalue weighted by molar-refractivity contribution is 7.10. The zero-order chi connectivity index (χ0) is 23.9. The van der Waals surface area contributed by atoms with Crippen molar-refractivity contribution < 1.29 is 9.59 Å². The molecule has 1 aliphatic carbocycles. The van der Waals surface area contributed by atoms with Crippen molar-refractivity contribution in [2.75, 3.05) is 13.1 Å². The minimum atomic E-state index is -0.107. The van der Waals surface area contributed by atoms with E-state index in [1.165, 1.54) is 16.0 Å². The lowest BCUT2D eigenvalue weighted by Gasteiger charge is -2.38. The summed E-state index contributed by atoms with van der Waals surface area (Å²) in [6.45, 7) is 7.45. The Kier molecular flexibility index (Phi) is 6.07. The standard InChI is InChI=1S/C29H32N2O2S/c1-29(2,3)22-11-9-20(10-12-22)27-24-16-18-34-25(24)15-17-30(27)26(32)19-31(23-13-14-23)28(33)21-7-5-4-6-8-21/h4-12,16,18,23,27H,13-15,17,19H2,1-3H3. The van der Waals surface area contributed by atoms with Gasteiger partial charge in [-0.15, -0.1) is 11.3 Å². The molecular weight excluding hydrogens is 440 g/mol. The number of benzene rings is 2. The first-order chi connectivity index (χ1) is 16.3. The zero-order valence-electron chi connectivity index (χ0n) is 20.2. The molecule has 1 aliphatic heterocycles. The number of hydrogen-bond donors (Lipinski definition) is 0. The van der Waals surface area contributed by atoms with Crippen LogP contribution in [0.3, 0.4) is 0 Å². The van der Waals surface area contributed by atoms with Crippen molar-refractivity contribution in [3.05, 3.63) is 93.2 Å². The van der Waals surface area contributed by atoms with Gasteiger partial charge in [0.05, 0.1) is 6.04 Å². The summed E-state index contributed by atoms with van der Waals surface area (Å²) in [4.78, 5) is 32.1. The maximum absolute atomic E-state index is 13.8. The summed E-state index contributed by atoms with van der Waals surface area (Å²) in [5, 5.41) is 2.13. The molecule has 0 bridgehead atoms. The van der Waals surface area contributed by atoms with Gasteiger partial charge in [-0.05, 0) is 64.9 Å². The molecule has 0 spiro atoms. The van der Waals surface area contributed by atoms with E-state index in [0.29, 0.717) is 12.1 Å². The van der Waals surface area contributed by atoms with Crippen LogP contribution in [0.15, 0.2) is 66.0 Å². The number of thiophene rings is 1. The van der Waals surface area contributed by atoms with Gasteiger partial charge in [0.25, 0.3) is 5.91 Å². The molecule has 2 amide bonds. The predicted molar refractivity (Wildman–Crippen MR) is 137 cm³/mol. The van der Waals surface area contributed by atoms with Gasteiger partial charge in [0.2, 0.25) is 5.91 Å². The molecule has 2 heterocycles. The second-order valence-electron chi connectivity index (χ2n) is 10.4. The first-order valence-electron chi connectivity index (χ1n) is 12.1. The van der Waals surface area contributed by atoms with E-state index >= 15 is 0 Å². The fourth-order valence-corrected chi connectivity index (χ4v) is 5.75. The number of carbonyl (C=O) groups is 2. The SMILES string of the molecule is CC(C)(C)c1ccc(C2c3ccsc3CCN2C(=O)CN(C(=O)c2ccccc2)C2CC2)cc1. The number of amides is 2. The number of nitrogens with zero attached hydrogens (tertiary/aromatic N) is 2. The average molecular weight is 473 g/mol. The molecule has 0 N–H and O–H groups in total. The summed E-state index contributed by atoms with van der Waals surface area (Å²) < 4.78 is 0. The second kappa shape index (κ2) is 9.03. The lowest BCUT2D eigenvalue weighted by atomic mass is 9.85. The molecule has 176 valence electrons. The van der Waals surface area contributed by atoms with Crippen molar-refractivity contribution in [2.45, 2.75) is 57.5 Å². The molecule has 34 heavy (non-hydrogen) atoms. The number of fused-ring (bicyclic) bond motifs is 1. The molecule has 3 aromatic rings. The Morgan fingerprint density at radius 1 is 1.00 bits per heavy atom. The third kappa shape index (κ3) is 4.54. The van der Waals surface area contributed by atoms with Gasteiger partial charge in [-0.25, -0.2) is 0 Å². The molecule has 2 aliphatic rings. The van der Waals surface area contributed by atoms with E-state index in [-0.39, 0.29) is 35.9 Å². The molecule has 5 rings (SSSR count). The van der Waals surface area contributed by atoms with Crippen LogP contribution in [0.25, 0.3) is 0 Å². The van der Waals surface area contributed by atoms with E-state index in [1.807, 2.05) is 35.2 Å². The molecule has 1 saturated carbocycles. The summed E-state index contributed by atoms with van der Waals surface area (Å²) in [6.07, 6.45) is 2.81. The highest BCUT2D eigenvalue weighted by atomic mass is 32.1. The normalized spacial score (nSPS) is 17.9. The van der Waals surface area contributed by atoms with Crippen LogP contribution in [-0.4, -0.2) is 40.7 Å². The van der Waals surface area contributed by atoms with Crippen LogP contribution in [0.1, 0.15) is 71.6 Å². The Morgan fingerprint density at radius 3 is 2.35 bits per heavy atom. The predicted octanol–water partition coefficient (Wildman–Crippen LogP) is 5.82. The molecule has 4 nitrogen and oxygen atoms in total. The molecule has 5 heteroatoms. The maximum Gasteiger partial charge on any atom is 0.254 e. The van der Waals surface area contributed by atoms with Gasteiger partial charge in [-0.2, -0.15) is 0 Å². The minimum absolute atomic E-state index is 0.0259. The minimum Gasteiger partial charge on any atom is -0.330 e. The van der Waals surface area contributed by atoms with Crippen molar-refractivity contribution in [1.29, 1.82) is 0 Å². The molecule has 1 unspecified atom stereocenters. The first kappa shape index (κ1) is 22.9. The second-order valence-corrected chi connectivity index (χ2v) is 11.4. The van der Waals surface area contributed by atoms with Crippen molar-refractivity contribution in [3.63, 3.8) is 0 Å². The number of carbonyl (C=O) groups excluding carboxylic acids is 2. The summed E-state index contributed by atoms with van der Waals surface area (Å²) in [5.74, 6) is -0.0197. The van der Waals surface area contributed by atoms with Crippen molar-refractivity contribution in [3.8, 4) is 0 Å². The van der Waals surface area contributed by atoms with Gasteiger partial charge >= 0.3 is 0 Å². The van der Waals surface area contributed by atoms with Gasteiger partial charge in [-0.3, -0.25) is 9.59 Å². The molecule has 1 fully saturated rings. The van der Waals surface area contributed by atoms with Gasteiger partial charge < -0.3 is 9.80 Å². The van der Waals surface area contributed by atoms with Crippen LogP contribution in [0, 0.1) is 0 Å². The van der Waals surface area contributed by atoms with Crippen molar-refractivity contribution >= 4 is 23.2 Å². The maximum atomic E-state index is 13.8. The van der Waals surface area contributed by atoms with E-state index in [4.69, 9.17) is 0 Å². The topological polar surface area (TPSA) is 40.6 Å². The fraction of sp³-hybridized carbons (Fsp3) is 0.379. The monoisotopic (exact) mass is 472 g/mol. The fourth-order valence-electron chi connectivity index (χ4n) is 4.85. The Bertz CT molecular complexity index is 1170. The summed E-state index contributed by atoms with van der Waals surface area (Å²) in [5.41, 5.74) is 4.36. The van der Waals surface area contributed by atoms with E-state index in [9.17, 15) is 9.59 Å². The van der Waals surface area contributed by atoms with Crippen LogP contribution in [-0.2, 0) is 16.6 Å². The third-order valence-electron chi connectivity index (χ3n) is 6.95. The first-order valence-corrected chi connectivity index (χ1v) is 13.0. The average Bonchev–Trinajstić information content (AvgIpc) is 3.57. The van der Waals surface area contributed by atoms with Crippen molar-refractivity contribution in [1.82, 2.24) is 9.80 Å². The van der Waals surface area contributed by atoms with E-state index in [2.05, 4.69) is 56.5 Å². The Labute approximate surface area is 206 Å². The smallest absolute Gasteiger partial charge is 0.254 e. The number of rotatable bonds is 5. The van der Waals surface area contributed by atoms with E-state index in [0.717, 1.165) is 24.8 Å². The van der Waals surface area contributed by atoms with Gasteiger partial charge in [-0.1, -0.05) is 63.2 Å². The van der Waals surface area contributed by atoms with Crippen LogP contribution < -0.4 is 0 Å². The van der Waals surface area contributed by atoms with Gasteiger partial charge in [0.1, 0.15) is 6.54 Å². The molecule has 0 radical (unpaired) electrons. The van der Waals surface area contributed by atoms with Crippen LogP contribution in [0.5, 0.6) is 0 Å². The molecular formula is C29H32N2O2S. The van der Waals surface area contributed by atoms with Crippen LogP contribution in [0.4, 0.5) is 0 Å². The van der Waals surface area contributed by atoms with E-state index in [1.54, 1.807) is 16.2 Å². The molecule has 1 atom stereocenters. The lowest BCUT2D eigenvalue weighted by molar-refractivity contribution is -0.134. The van der Waals surface area contributed by atoms with Crippen LogP contribution in [0.2, 0.25) is 0 Å². The van der Waals surface area contributed by atoms with Gasteiger partial charge in [0.15, 0.2) is 0 Å². The molecule has 0 saturated heterocycles. The Balaban J connectivity index is 1.43. The summed E-state index contributed by atoms with van der Waals surface area (Å²) >= 11 is 1.77. The van der Waals surface area contributed by atoms with E-state index < -0.39 is 0 Å². The largest absolute Gasteiger partial charge is 0.330 e.